The zero-order chi connectivity index (χ0) is 17.4. The molecule has 2 aromatic heterocycles. The number of likely N-dealkylation sites (tertiary alicyclic amines) is 2. The van der Waals surface area contributed by atoms with E-state index in [9.17, 15) is 4.79 Å². The number of methoxy groups -OCH3 is 1. The number of carbonyl (C=O) groups excluding carboxylic acids is 1. The lowest BCUT2D eigenvalue weighted by atomic mass is 9.88. The lowest BCUT2D eigenvalue weighted by Gasteiger charge is -2.41. The van der Waals surface area contributed by atoms with E-state index in [-0.39, 0.29) is 18.1 Å². The first-order valence-electron chi connectivity index (χ1n) is 8.87. The number of piperidine rings is 1. The minimum Gasteiger partial charge on any atom is -0.468 e. The molecule has 6 heteroatoms. The van der Waals surface area contributed by atoms with Crippen LogP contribution in [0.2, 0.25) is 0 Å². The Labute approximate surface area is 147 Å². The monoisotopic (exact) mass is 343 g/mol. The lowest BCUT2D eigenvalue weighted by Crippen LogP contribution is -2.53. The van der Waals surface area contributed by atoms with Crippen molar-refractivity contribution in [3.63, 3.8) is 0 Å². The number of nitrogens with zero attached hydrogens (tertiary/aromatic N) is 3. The van der Waals surface area contributed by atoms with E-state index in [0.29, 0.717) is 5.92 Å². The van der Waals surface area contributed by atoms with Gasteiger partial charge < -0.3 is 18.6 Å². The molecule has 3 atom stereocenters. The molecule has 4 heterocycles. The number of aryl methyl sites for hydroxylation is 1. The average Bonchev–Trinajstić information content (AvgIpc) is 3.34. The number of aromatic nitrogens is 1. The molecule has 0 radical (unpaired) electrons. The van der Waals surface area contributed by atoms with Gasteiger partial charge in [-0.1, -0.05) is 0 Å². The Morgan fingerprint density at radius 2 is 2.20 bits per heavy atom. The summed E-state index contributed by atoms with van der Waals surface area (Å²) in [5.41, 5.74) is 0.749. The van der Waals surface area contributed by atoms with E-state index in [4.69, 9.17) is 9.15 Å². The number of amides is 1. The van der Waals surface area contributed by atoms with Crippen molar-refractivity contribution in [3.05, 3.63) is 48.2 Å². The third-order valence-corrected chi connectivity index (χ3v) is 5.63. The predicted octanol–water partition coefficient (Wildman–Crippen LogP) is 1.98. The summed E-state index contributed by atoms with van der Waals surface area (Å²) in [6.07, 6.45) is 4.73. The van der Waals surface area contributed by atoms with Crippen LogP contribution in [0.3, 0.4) is 0 Å². The summed E-state index contributed by atoms with van der Waals surface area (Å²) < 4.78 is 13.1. The highest BCUT2D eigenvalue weighted by atomic mass is 16.5. The van der Waals surface area contributed by atoms with E-state index >= 15 is 0 Å². The molecule has 0 saturated carbocycles. The van der Waals surface area contributed by atoms with Crippen molar-refractivity contribution in [2.24, 2.45) is 13.0 Å². The molecule has 2 aliphatic rings. The number of hydrogen-bond donors (Lipinski definition) is 0. The first-order valence-corrected chi connectivity index (χ1v) is 8.87. The molecule has 2 aromatic rings. The van der Waals surface area contributed by atoms with Crippen molar-refractivity contribution >= 4 is 5.91 Å². The summed E-state index contributed by atoms with van der Waals surface area (Å²) in [6.45, 7) is 3.32. The number of ether oxygens (including phenoxy) is 1. The fourth-order valence-corrected chi connectivity index (χ4v) is 4.36. The molecule has 0 bridgehead atoms. The van der Waals surface area contributed by atoms with Gasteiger partial charge in [0.2, 0.25) is 0 Å². The Kier molecular flexibility index (Phi) is 4.39. The van der Waals surface area contributed by atoms with Crippen molar-refractivity contribution in [2.75, 3.05) is 26.7 Å². The second kappa shape index (κ2) is 6.69. The van der Waals surface area contributed by atoms with Crippen LogP contribution in [0.25, 0.3) is 0 Å². The van der Waals surface area contributed by atoms with Crippen LogP contribution in [-0.2, 0) is 18.3 Å². The molecule has 0 aliphatic carbocycles. The highest BCUT2D eigenvalue weighted by Gasteiger charge is 2.46. The topological polar surface area (TPSA) is 50.9 Å². The van der Waals surface area contributed by atoms with E-state index in [2.05, 4.69) is 9.80 Å². The normalized spacial score (nSPS) is 26.8. The predicted molar refractivity (Wildman–Crippen MR) is 93.1 cm³/mol. The van der Waals surface area contributed by atoms with Gasteiger partial charge in [-0.05, 0) is 30.7 Å². The minimum atomic E-state index is 0.122. The van der Waals surface area contributed by atoms with E-state index < -0.39 is 0 Å². The number of fused-ring (bicyclic) bond motifs is 1. The van der Waals surface area contributed by atoms with Gasteiger partial charge in [0, 0.05) is 45.9 Å². The van der Waals surface area contributed by atoms with Gasteiger partial charge in [0.05, 0.1) is 25.0 Å². The van der Waals surface area contributed by atoms with Crippen LogP contribution in [0.4, 0.5) is 0 Å². The van der Waals surface area contributed by atoms with Gasteiger partial charge in [-0.2, -0.15) is 0 Å². The number of rotatable bonds is 4. The molecule has 6 nitrogen and oxygen atoms in total. The minimum absolute atomic E-state index is 0.122. The molecule has 1 amide bonds. The van der Waals surface area contributed by atoms with Gasteiger partial charge in [-0.15, -0.1) is 0 Å². The summed E-state index contributed by atoms with van der Waals surface area (Å²) in [4.78, 5) is 17.5. The Balaban J connectivity index is 1.54. The molecule has 2 saturated heterocycles. The Bertz CT molecular complexity index is 724. The number of carbonyl (C=O) groups is 1. The first kappa shape index (κ1) is 16.4. The Morgan fingerprint density at radius 3 is 2.88 bits per heavy atom. The third kappa shape index (κ3) is 3.00. The SMILES string of the molecule is CO[C@@H]1CCN(C(=O)c2cccn2C)[C@@H]2CN(Cc3ccco3)C[C@@H]21. The molecule has 4 rings (SSSR count). The van der Waals surface area contributed by atoms with E-state index in [1.54, 1.807) is 13.4 Å². The van der Waals surface area contributed by atoms with E-state index in [0.717, 1.165) is 44.1 Å². The maximum absolute atomic E-state index is 13.1. The summed E-state index contributed by atoms with van der Waals surface area (Å²) in [6, 6.07) is 7.93. The summed E-state index contributed by atoms with van der Waals surface area (Å²) in [5.74, 6) is 1.43. The standard InChI is InChI=1S/C19H25N3O3/c1-20-8-3-6-16(20)19(23)22-9-7-18(24-2)15-12-21(13-17(15)22)11-14-5-4-10-25-14/h3-6,8,10,15,17-18H,7,9,11-13H2,1-2H3/t15-,17+,18+/m0/s1. The first-order chi connectivity index (χ1) is 12.2. The lowest BCUT2D eigenvalue weighted by molar-refractivity contribution is -0.0160. The van der Waals surface area contributed by atoms with Crippen molar-refractivity contribution in [2.45, 2.75) is 25.1 Å². The molecule has 0 spiro atoms. The molecular weight excluding hydrogens is 318 g/mol. The van der Waals surface area contributed by atoms with Gasteiger partial charge in [-0.3, -0.25) is 9.69 Å². The molecule has 0 N–H and O–H groups in total. The average molecular weight is 343 g/mol. The second-order valence-electron chi connectivity index (χ2n) is 7.07. The van der Waals surface area contributed by atoms with Gasteiger partial charge in [0.15, 0.2) is 0 Å². The number of hydrogen-bond acceptors (Lipinski definition) is 4. The zero-order valence-corrected chi connectivity index (χ0v) is 14.8. The molecule has 134 valence electrons. The Morgan fingerprint density at radius 1 is 1.32 bits per heavy atom. The van der Waals surface area contributed by atoms with Crippen LogP contribution in [0.15, 0.2) is 41.1 Å². The molecule has 2 aliphatic heterocycles. The molecule has 0 aromatic carbocycles. The van der Waals surface area contributed by atoms with Crippen molar-refractivity contribution < 1.29 is 13.9 Å². The Hall–Kier alpha value is -2.05. The van der Waals surface area contributed by atoms with Crippen LogP contribution in [0.1, 0.15) is 22.7 Å². The van der Waals surface area contributed by atoms with Crippen molar-refractivity contribution in [1.82, 2.24) is 14.4 Å². The molecule has 2 fully saturated rings. The van der Waals surface area contributed by atoms with Gasteiger partial charge >= 0.3 is 0 Å². The van der Waals surface area contributed by atoms with Gasteiger partial charge in [0.1, 0.15) is 11.5 Å². The zero-order valence-electron chi connectivity index (χ0n) is 14.8. The van der Waals surface area contributed by atoms with Crippen LogP contribution in [0.5, 0.6) is 0 Å². The molecule has 25 heavy (non-hydrogen) atoms. The number of furan rings is 1. The van der Waals surface area contributed by atoms with Crippen LogP contribution < -0.4 is 0 Å². The summed E-state index contributed by atoms with van der Waals surface area (Å²) in [5, 5.41) is 0. The summed E-state index contributed by atoms with van der Waals surface area (Å²) >= 11 is 0. The largest absolute Gasteiger partial charge is 0.468 e. The van der Waals surface area contributed by atoms with Crippen molar-refractivity contribution in [1.29, 1.82) is 0 Å². The second-order valence-corrected chi connectivity index (χ2v) is 7.07. The maximum atomic E-state index is 13.1. The maximum Gasteiger partial charge on any atom is 0.270 e. The van der Waals surface area contributed by atoms with Gasteiger partial charge in [0.25, 0.3) is 5.91 Å². The van der Waals surface area contributed by atoms with Crippen LogP contribution in [0, 0.1) is 5.92 Å². The van der Waals surface area contributed by atoms with Gasteiger partial charge in [-0.25, -0.2) is 0 Å². The molecular formula is C19H25N3O3. The summed E-state index contributed by atoms with van der Waals surface area (Å²) in [7, 11) is 3.70. The highest BCUT2D eigenvalue weighted by Crippen LogP contribution is 2.34. The van der Waals surface area contributed by atoms with Crippen LogP contribution >= 0.6 is 0 Å². The van der Waals surface area contributed by atoms with Crippen molar-refractivity contribution in [3.8, 4) is 0 Å². The van der Waals surface area contributed by atoms with E-state index in [1.165, 1.54) is 0 Å². The van der Waals surface area contributed by atoms with E-state index in [1.807, 2.05) is 42.1 Å². The van der Waals surface area contributed by atoms with Crippen LogP contribution in [-0.4, -0.2) is 59.2 Å². The fraction of sp³-hybridized carbons (Fsp3) is 0.526. The highest BCUT2D eigenvalue weighted by molar-refractivity contribution is 5.93. The molecule has 0 unspecified atom stereocenters. The quantitative estimate of drug-likeness (QED) is 0.852. The fourth-order valence-electron chi connectivity index (χ4n) is 4.36. The smallest absolute Gasteiger partial charge is 0.270 e. The third-order valence-electron chi connectivity index (χ3n) is 5.63.